The summed E-state index contributed by atoms with van der Waals surface area (Å²) in [6.45, 7) is 5.06. The number of ether oxygens (including phenoxy) is 1. The Morgan fingerprint density at radius 1 is 1.00 bits per heavy atom. The Hall–Kier alpha value is -0.220. The number of carbonyl (C=O) groups is 1. The highest BCUT2D eigenvalue weighted by atomic mass is 32.2. The van der Waals surface area contributed by atoms with Crippen LogP contribution in [0.5, 0.6) is 0 Å². The van der Waals surface area contributed by atoms with Gasteiger partial charge in [-0.15, -0.1) is 0 Å². The molecule has 5 aliphatic rings. The van der Waals surface area contributed by atoms with Crippen LogP contribution in [-0.4, -0.2) is 35.7 Å². The molecule has 1 saturated heterocycles. The highest BCUT2D eigenvalue weighted by molar-refractivity contribution is 7.99. The molecule has 4 aliphatic carbocycles. The van der Waals surface area contributed by atoms with Crippen molar-refractivity contribution in [1.29, 1.82) is 0 Å². The molecule has 5 fully saturated rings. The molecule has 0 radical (unpaired) electrons. The number of thioether (sulfide) groups is 1. The fourth-order valence-electron chi connectivity index (χ4n) is 7.55. The lowest BCUT2D eigenvalue weighted by Crippen LogP contribution is -2.64. The normalized spacial score (nSPS) is 53.4. The van der Waals surface area contributed by atoms with Gasteiger partial charge in [0.05, 0.1) is 17.5 Å². The van der Waals surface area contributed by atoms with Crippen molar-refractivity contribution in [1.82, 2.24) is 5.32 Å². The average Bonchev–Trinajstić information content (AvgIpc) is 3.37. The van der Waals surface area contributed by atoms with E-state index in [1.54, 1.807) is 11.8 Å². The number of hydrogen-bond donors (Lipinski definition) is 1. The fourth-order valence-corrected chi connectivity index (χ4v) is 8.35. The van der Waals surface area contributed by atoms with Crippen LogP contribution >= 0.6 is 11.8 Å². The maximum Gasteiger partial charge on any atom is 0.233 e. The van der Waals surface area contributed by atoms with E-state index in [0.717, 1.165) is 24.2 Å². The monoisotopic (exact) mass is 377 g/mol. The van der Waals surface area contributed by atoms with Gasteiger partial charge >= 0.3 is 0 Å². The number of rotatable bonds is 3. The van der Waals surface area contributed by atoms with E-state index < -0.39 is 0 Å². The molecule has 8 atom stereocenters. The predicted octanol–water partition coefficient (Wildman–Crippen LogP) is 4.40. The van der Waals surface area contributed by atoms with Crippen molar-refractivity contribution < 1.29 is 9.53 Å². The van der Waals surface area contributed by atoms with E-state index in [1.165, 1.54) is 51.4 Å². The smallest absolute Gasteiger partial charge is 0.233 e. The third-order valence-electron chi connectivity index (χ3n) is 9.18. The molecule has 6 unspecified atom stereocenters. The minimum absolute atomic E-state index is 0.151. The fraction of sp³-hybridized carbons (Fsp3) is 0.955. The van der Waals surface area contributed by atoms with Gasteiger partial charge in [-0.05, 0) is 92.6 Å². The molecule has 146 valence electrons. The molecule has 4 heteroatoms. The van der Waals surface area contributed by atoms with Crippen LogP contribution in [0.15, 0.2) is 0 Å². The van der Waals surface area contributed by atoms with Crippen LogP contribution in [0, 0.1) is 28.6 Å². The summed E-state index contributed by atoms with van der Waals surface area (Å²) in [5.41, 5.74) is 0.699. The van der Waals surface area contributed by atoms with Gasteiger partial charge in [-0.25, -0.2) is 0 Å². The molecule has 1 heterocycles. The van der Waals surface area contributed by atoms with E-state index in [4.69, 9.17) is 4.74 Å². The van der Waals surface area contributed by atoms with Crippen LogP contribution < -0.4 is 5.32 Å². The van der Waals surface area contributed by atoms with Gasteiger partial charge in [0.2, 0.25) is 5.91 Å². The SMILES string of the molecule is CSC1C[C@@]2(C)C(CCC3C2CC[C@]2(C)C(OC4CC4)CCC32)NC1=O. The molecule has 0 aromatic rings. The molecule has 0 aromatic carbocycles. The van der Waals surface area contributed by atoms with E-state index in [-0.39, 0.29) is 11.2 Å². The first-order valence-corrected chi connectivity index (χ1v) is 12.2. The quantitative estimate of drug-likeness (QED) is 0.792. The van der Waals surface area contributed by atoms with Crippen LogP contribution in [0.4, 0.5) is 0 Å². The Kier molecular flexibility index (Phi) is 4.21. The van der Waals surface area contributed by atoms with Gasteiger partial charge in [0.25, 0.3) is 0 Å². The summed E-state index contributed by atoms with van der Waals surface area (Å²) in [5.74, 6) is 2.76. The predicted molar refractivity (Wildman–Crippen MR) is 106 cm³/mol. The second-order valence-electron chi connectivity index (χ2n) is 10.4. The molecule has 5 rings (SSSR count). The summed E-state index contributed by atoms with van der Waals surface area (Å²) in [4.78, 5) is 12.4. The summed E-state index contributed by atoms with van der Waals surface area (Å²) < 4.78 is 6.49. The van der Waals surface area contributed by atoms with Crippen molar-refractivity contribution in [3.63, 3.8) is 0 Å². The van der Waals surface area contributed by atoms with Crippen molar-refractivity contribution in [2.45, 2.75) is 95.1 Å². The van der Waals surface area contributed by atoms with E-state index >= 15 is 0 Å². The second kappa shape index (κ2) is 6.14. The topological polar surface area (TPSA) is 38.3 Å². The highest BCUT2D eigenvalue weighted by Crippen LogP contribution is 2.65. The molecule has 26 heavy (non-hydrogen) atoms. The van der Waals surface area contributed by atoms with Crippen molar-refractivity contribution >= 4 is 17.7 Å². The van der Waals surface area contributed by atoms with Crippen molar-refractivity contribution in [3.8, 4) is 0 Å². The number of carbonyl (C=O) groups excluding carboxylic acids is 1. The molecule has 1 amide bonds. The van der Waals surface area contributed by atoms with Gasteiger partial charge in [0.1, 0.15) is 0 Å². The van der Waals surface area contributed by atoms with Crippen molar-refractivity contribution in [2.75, 3.05) is 6.26 Å². The molecule has 4 saturated carbocycles. The number of nitrogens with one attached hydrogen (secondary N) is 1. The van der Waals surface area contributed by atoms with Gasteiger partial charge < -0.3 is 10.1 Å². The Morgan fingerprint density at radius 2 is 1.77 bits per heavy atom. The summed E-state index contributed by atoms with van der Waals surface area (Å²) in [5, 5.41) is 3.57. The molecule has 3 nitrogen and oxygen atoms in total. The molecular weight excluding hydrogens is 342 g/mol. The van der Waals surface area contributed by atoms with E-state index in [2.05, 4.69) is 25.4 Å². The number of amides is 1. The first-order valence-electron chi connectivity index (χ1n) is 10.9. The molecule has 0 spiro atoms. The Balaban J connectivity index is 1.39. The van der Waals surface area contributed by atoms with E-state index in [1.807, 2.05) is 0 Å². The maximum atomic E-state index is 12.4. The second-order valence-corrected chi connectivity index (χ2v) is 11.4. The lowest BCUT2D eigenvalue weighted by atomic mass is 9.47. The van der Waals surface area contributed by atoms with Gasteiger partial charge in [0, 0.05) is 6.04 Å². The number of fused-ring (bicyclic) bond motifs is 5. The van der Waals surface area contributed by atoms with Crippen molar-refractivity contribution in [3.05, 3.63) is 0 Å². The summed E-state index contributed by atoms with van der Waals surface area (Å²) >= 11 is 1.75. The highest BCUT2D eigenvalue weighted by Gasteiger charge is 2.61. The van der Waals surface area contributed by atoms with Crippen LogP contribution in [0.25, 0.3) is 0 Å². The molecular formula is C22H35NO2S. The maximum absolute atomic E-state index is 12.4. The summed E-state index contributed by atoms with van der Waals surface area (Å²) in [6, 6.07) is 0.406. The van der Waals surface area contributed by atoms with Crippen LogP contribution in [0.3, 0.4) is 0 Å². The molecule has 0 aromatic heterocycles. The van der Waals surface area contributed by atoms with Crippen LogP contribution in [-0.2, 0) is 9.53 Å². The minimum atomic E-state index is 0.151. The first-order chi connectivity index (χ1) is 12.5. The standard InChI is InChI=1S/C22H35NO2S/c1-21-11-10-16-14(15(21)7-9-19(21)25-13-4-5-13)6-8-18-22(16,2)12-17(26-3)20(24)23-18/h13-19H,4-12H2,1-3H3,(H,23,24)/t14?,15?,16?,17?,18?,19?,21-,22+/m0/s1. The molecule has 1 aliphatic heterocycles. The summed E-state index contributed by atoms with van der Waals surface area (Å²) in [6.07, 6.45) is 14.7. The van der Waals surface area contributed by atoms with Crippen molar-refractivity contribution in [2.24, 2.45) is 28.6 Å². The van der Waals surface area contributed by atoms with Gasteiger partial charge in [-0.3, -0.25) is 4.79 Å². The molecule has 0 bridgehead atoms. The average molecular weight is 378 g/mol. The van der Waals surface area contributed by atoms with Gasteiger partial charge in [0.15, 0.2) is 0 Å². The Morgan fingerprint density at radius 3 is 2.50 bits per heavy atom. The zero-order valence-electron chi connectivity index (χ0n) is 16.6. The Labute approximate surface area is 162 Å². The lowest BCUT2D eigenvalue weighted by Gasteiger charge is -2.60. The first kappa shape index (κ1) is 17.8. The minimum Gasteiger partial charge on any atom is -0.374 e. The van der Waals surface area contributed by atoms with Gasteiger partial charge in [-0.1, -0.05) is 13.8 Å². The number of hydrogen-bond acceptors (Lipinski definition) is 3. The third kappa shape index (κ3) is 2.53. The number of piperidine rings is 1. The van der Waals surface area contributed by atoms with E-state index in [9.17, 15) is 4.79 Å². The van der Waals surface area contributed by atoms with Gasteiger partial charge in [-0.2, -0.15) is 11.8 Å². The zero-order chi connectivity index (χ0) is 18.1. The third-order valence-corrected chi connectivity index (χ3v) is 10.1. The van der Waals surface area contributed by atoms with Crippen LogP contribution in [0.2, 0.25) is 0 Å². The lowest BCUT2D eigenvalue weighted by molar-refractivity contribution is -0.140. The molecule has 1 N–H and O–H groups in total. The largest absolute Gasteiger partial charge is 0.374 e. The van der Waals surface area contributed by atoms with Crippen LogP contribution in [0.1, 0.15) is 71.6 Å². The zero-order valence-corrected chi connectivity index (χ0v) is 17.4. The Bertz CT molecular complexity index is 593. The van der Waals surface area contributed by atoms with E-state index in [0.29, 0.717) is 29.1 Å². The summed E-state index contributed by atoms with van der Waals surface area (Å²) in [7, 11) is 0.